The molecule has 0 spiro atoms. The lowest BCUT2D eigenvalue weighted by Gasteiger charge is -2.11. The molecule has 100 valence electrons. The molecule has 20 heavy (non-hydrogen) atoms. The molecule has 3 aromatic carbocycles. The highest BCUT2D eigenvalue weighted by molar-refractivity contribution is 6.00. The molecular formula is C18H16O2. The van der Waals surface area contributed by atoms with Crippen LogP contribution in [0.5, 0.6) is 0 Å². The molecule has 1 atom stereocenters. The maximum absolute atomic E-state index is 9.78. The van der Waals surface area contributed by atoms with Crippen LogP contribution in [0.4, 0.5) is 0 Å². The van der Waals surface area contributed by atoms with E-state index in [1.807, 2.05) is 0 Å². The van der Waals surface area contributed by atoms with Crippen molar-refractivity contribution in [2.75, 3.05) is 6.61 Å². The number of hydrogen-bond donors (Lipinski definition) is 1. The molecule has 3 aromatic rings. The van der Waals surface area contributed by atoms with Crippen molar-refractivity contribution in [3.8, 4) is 0 Å². The van der Waals surface area contributed by atoms with Crippen LogP contribution in [-0.2, 0) is 17.8 Å². The summed E-state index contributed by atoms with van der Waals surface area (Å²) in [4.78, 5) is 0. The Morgan fingerprint density at radius 2 is 1.75 bits per heavy atom. The van der Waals surface area contributed by atoms with Crippen LogP contribution < -0.4 is 0 Å². The standard InChI is InChI=1S/C18H16O2/c19-10-18-15(8-16-11-20-16)6-5-14-7-12-3-1-2-4-13(12)9-17(14)18/h1-7,9,16,19H,8,10-11H2. The summed E-state index contributed by atoms with van der Waals surface area (Å²) in [5.41, 5.74) is 2.25. The molecule has 1 saturated heterocycles. The molecule has 1 heterocycles. The van der Waals surface area contributed by atoms with Gasteiger partial charge in [-0.3, -0.25) is 0 Å². The fourth-order valence-corrected chi connectivity index (χ4v) is 2.93. The van der Waals surface area contributed by atoms with Crippen molar-refractivity contribution in [3.05, 3.63) is 59.7 Å². The van der Waals surface area contributed by atoms with Gasteiger partial charge in [-0.25, -0.2) is 0 Å². The van der Waals surface area contributed by atoms with Crippen LogP contribution in [0.2, 0.25) is 0 Å². The maximum Gasteiger partial charge on any atom is 0.0850 e. The van der Waals surface area contributed by atoms with Gasteiger partial charge in [0.25, 0.3) is 0 Å². The van der Waals surface area contributed by atoms with E-state index in [4.69, 9.17) is 4.74 Å². The molecule has 1 aliphatic rings. The number of rotatable bonds is 3. The lowest BCUT2D eigenvalue weighted by atomic mass is 9.94. The van der Waals surface area contributed by atoms with Crippen LogP contribution in [0.25, 0.3) is 21.5 Å². The molecular weight excluding hydrogens is 248 g/mol. The maximum atomic E-state index is 9.78. The van der Waals surface area contributed by atoms with Gasteiger partial charge in [0.2, 0.25) is 0 Å². The first-order valence-corrected chi connectivity index (χ1v) is 7.01. The second-order valence-corrected chi connectivity index (χ2v) is 5.44. The highest BCUT2D eigenvalue weighted by Crippen LogP contribution is 2.29. The van der Waals surface area contributed by atoms with E-state index in [-0.39, 0.29) is 6.61 Å². The van der Waals surface area contributed by atoms with Crippen LogP contribution >= 0.6 is 0 Å². The molecule has 2 heteroatoms. The summed E-state index contributed by atoms with van der Waals surface area (Å²) in [6, 6.07) is 17.0. The Morgan fingerprint density at radius 3 is 2.45 bits per heavy atom. The van der Waals surface area contributed by atoms with Gasteiger partial charge in [0.15, 0.2) is 0 Å². The summed E-state index contributed by atoms with van der Waals surface area (Å²) in [7, 11) is 0. The predicted octanol–water partition coefficient (Wildman–Crippen LogP) is 3.43. The summed E-state index contributed by atoms with van der Waals surface area (Å²) in [5.74, 6) is 0. The third-order valence-corrected chi connectivity index (χ3v) is 4.10. The largest absolute Gasteiger partial charge is 0.392 e. The summed E-state index contributed by atoms with van der Waals surface area (Å²) >= 11 is 0. The molecule has 0 bridgehead atoms. The van der Waals surface area contributed by atoms with E-state index in [2.05, 4.69) is 48.5 Å². The molecule has 2 nitrogen and oxygen atoms in total. The van der Waals surface area contributed by atoms with Crippen LogP contribution in [0.3, 0.4) is 0 Å². The molecule has 0 aliphatic carbocycles. The van der Waals surface area contributed by atoms with Crippen molar-refractivity contribution in [2.24, 2.45) is 0 Å². The number of benzene rings is 3. The van der Waals surface area contributed by atoms with Gasteiger partial charge in [-0.15, -0.1) is 0 Å². The van der Waals surface area contributed by atoms with Crippen molar-refractivity contribution in [2.45, 2.75) is 19.1 Å². The summed E-state index contributed by atoms with van der Waals surface area (Å²) < 4.78 is 5.31. The van der Waals surface area contributed by atoms with Crippen molar-refractivity contribution in [3.63, 3.8) is 0 Å². The quantitative estimate of drug-likeness (QED) is 0.580. The van der Waals surface area contributed by atoms with Crippen molar-refractivity contribution >= 4 is 21.5 Å². The molecule has 0 radical (unpaired) electrons. The summed E-state index contributed by atoms with van der Waals surface area (Å²) in [5, 5.41) is 14.6. The number of ether oxygens (including phenoxy) is 1. The molecule has 1 fully saturated rings. The number of hydrogen-bond acceptors (Lipinski definition) is 2. The van der Waals surface area contributed by atoms with Gasteiger partial charge >= 0.3 is 0 Å². The van der Waals surface area contributed by atoms with Crippen LogP contribution in [0, 0.1) is 0 Å². The molecule has 0 amide bonds. The Bertz CT molecular complexity index is 788. The Kier molecular flexibility index (Phi) is 2.72. The zero-order valence-electron chi connectivity index (χ0n) is 11.2. The summed E-state index contributed by atoms with van der Waals surface area (Å²) in [6.07, 6.45) is 1.25. The van der Waals surface area contributed by atoms with E-state index in [1.54, 1.807) is 0 Å². The normalized spacial score (nSPS) is 17.8. The smallest absolute Gasteiger partial charge is 0.0850 e. The zero-order chi connectivity index (χ0) is 13.5. The van der Waals surface area contributed by atoms with Gasteiger partial charge in [0, 0.05) is 6.42 Å². The molecule has 1 N–H and O–H groups in total. The van der Waals surface area contributed by atoms with Crippen molar-refractivity contribution in [1.29, 1.82) is 0 Å². The lowest BCUT2D eigenvalue weighted by molar-refractivity contribution is 0.281. The van der Waals surface area contributed by atoms with Gasteiger partial charge in [0.05, 0.1) is 19.3 Å². The highest BCUT2D eigenvalue weighted by Gasteiger charge is 2.24. The fraction of sp³-hybridized carbons (Fsp3) is 0.222. The van der Waals surface area contributed by atoms with Gasteiger partial charge in [-0.1, -0.05) is 36.4 Å². The molecule has 0 aromatic heterocycles. The fourth-order valence-electron chi connectivity index (χ4n) is 2.93. The summed E-state index contributed by atoms with van der Waals surface area (Å²) in [6.45, 7) is 0.929. The predicted molar refractivity (Wildman–Crippen MR) is 80.8 cm³/mol. The van der Waals surface area contributed by atoms with Gasteiger partial charge in [0.1, 0.15) is 0 Å². The van der Waals surface area contributed by atoms with Crippen LogP contribution in [0.15, 0.2) is 48.5 Å². The van der Waals surface area contributed by atoms with E-state index < -0.39 is 0 Å². The first kappa shape index (κ1) is 11.9. The number of aliphatic hydroxyl groups is 1. The number of aliphatic hydroxyl groups excluding tert-OH is 1. The van der Waals surface area contributed by atoms with Gasteiger partial charge in [-0.2, -0.15) is 0 Å². The van der Waals surface area contributed by atoms with Crippen LogP contribution in [0.1, 0.15) is 11.1 Å². The topological polar surface area (TPSA) is 32.8 Å². The molecule has 4 rings (SSSR count). The third kappa shape index (κ3) is 1.98. The SMILES string of the molecule is OCc1c(CC2CO2)ccc2cc3ccccc3cc12. The highest BCUT2D eigenvalue weighted by atomic mass is 16.6. The Morgan fingerprint density at radius 1 is 1.00 bits per heavy atom. The number of epoxide rings is 1. The lowest BCUT2D eigenvalue weighted by Crippen LogP contribution is -2.00. The van der Waals surface area contributed by atoms with Crippen molar-refractivity contribution < 1.29 is 9.84 Å². The minimum absolute atomic E-state index is 0.0811. The molecule has 0 saturated carbocycles. The molecule has 1 unspecified atom stereocenters. The van der Waals surface area contributed by atoms with E-state index in [0.717, 1.165) is 24.0 Å². The van der Waals surface area contributed by atoms with E-state index in [0.29, 0.717) is 6.10 Å². The second kappa shape index (κ2) is 4.58. The average molecular weight is 264 g/mol. The minimum atomic E-state index is 0.0811. The van der Waals surface area contributed by atoms with E-state index >= 15 is 0 Å². The Labute approximate surface area is 117 Å². The second-order valence-electron chi connectivity index (χ2n) is 5.44. The minimum Gasteiger partial charge on any atom is -0.392 e. The third-order valence-electron chi connectivity index (χ3n) is 4.10. The zero-order valence-corrected chi connectivity index (χ0v) is 11.2. The first-order valence-electron chi connectivity index (χ1n) is 7.01. The first-order chi connectivity index (χ1) is 9.85. The monoisotopic (exact) mass is 264 g/mol. The Hall–Kier alpha value is -1.90. The number of fused-ring (bicyclic) bond motifs is 2. The van der Waals surface area contributed by atoms with Crippen LogP contribution in [-0.4, -0.2) is 17.8 Å². The van der Waals surface area contributed by atoms with Crippen molar-refractivity contribution in [1.82, 2.24) is 0 Å². The van der Waals surface area contributed by atoms with Gasteiger partial charge in [-0.05, 0) is 44.8 Å². The van der Waals surface area contributed by atoms with E-state index in [9.17, 15) is 5.11 Å². The molecule has 1 aliphatic heterocycles. The average Bonchev–Trinajstić information content (AvgIpc) is 3.29. The van der Waals surface area contributed by atoms with Gasteiger partial charge < -0.3 is 9.84 Å². The Balaban J connectivity index is 1.96. The van der Waals surface area contributed by atoms with E-state index in [1.165, 1.54) is 21.7 Å².